The predicted octanol–water partition coefficient (Wildman–Crippen LogP) is 5.36. The molecule has 0 aliphatic carbocycles. The monoisotopic (exact) mass is 631 g/mol. The number of para-hydroxylation sites is 1. The van der Waals surface area contributed by atoms with Crippen LogP contribution >= 0.6 is 24.0 Å². The summed E-state index contributed by atoms with van der Waals surface area (Å²) in [4.78, 5) is 33.4. The van der Waals surface area contributed by atoms with E-state index in [0.717, 1.165) is 11.3 Å². The largest absolute Gasteiger partial charge is 0.497 e. The summed E-state index contributed by atoms with van der Waals surface area (Å²) < 4.78 is 21.9. The zero-order chi connectivity index (χ0) is 31.4. The number of pyridine rings is 1. The zero-order valence-corrected chi connectivity index (χ0v) is 26.6. The van der Waals surface area contributed by atoms with Gasteiger partial charge in [0.05, 0.1) is 17.7 Å². The second kappa shape index (κ2) is 13.7. The fraction of sp³-hybridized carbons (Fsp3) is 0.333. The second-order valence-corrected chi connectivity index (χ2v) is 12.3. The van der Waals surface area contributed by atoms with Gasteiger partial charge >= 0.3 is 0 Å². The van der Waals surface area contributed by atoms with Crippen molar-refractivity contribution in [3.8, 4) is 11.8 Å². The third-order valence-corrected chi connectivity index (χ3v) is 9.38. The molecule has 0 bridgehead atoms. The van der Waals surface area contributed by atoms with E-state index in [1.807, 2.05) is 42.2 Å². The van der Waals surface area contributed by atoms with Crippen molar-refractivity contribution < 1.29 is 13.9 Å². The topological polar surface area (TPSA) is 81.8 Å². The van der Waals surface area contributed by atoms with E-state index < -0.39 is 0 Å². The van der Waals surface area contributed by atoms with E-state index in [-0.39, 0.29) is 22.8 Å². The molecule has 0 atom stereocenters. The van der Waals surface area contributed by atoms with Crippen LogP contribution in [0.3, 0.4) is 0 Å². The van der Waals surface area contributed by atoms with Crippen molar-refractivity contribution in [2.75, 3.05) is 49.6 Å². The molecule has 44 heavy (non-hydrogen) atoms. The van der Waals surface area contributed by atoms with Crippen LogP contribution in [0.5, 0.6) is 5.75 Å². The Labute approximate surface area is 266 Å². The van der Waals surface area contributed by atoms with E-state index in [0.29, 0.717) is 84.0 Å². The fourth-order valence-electron chi connectivity index (χ4n) is 5.64. The molecule has 228 valence electrons. The summed E-state index contributed by atoms with van der Waals surface area (Å²) >= 11 is 6.84. The lowest BCUT2D eigenvalue weighted by molar-refractivity contribution is -0.122. The third-order valence-electron chi connectivity index (χ3n) is 8.00. The van der Waals surface area contributed by atoms with Crippen LogP contribution in [0.2, 0.25) is 0 Å². The fourth-order valence-corrected chi connectivity index (χ4v) is 6.93. The smallest absolute Gasteiger partial charge is 0.270 e. The molecular weight excluding hydrogens is 598 g/mol. The minimum Gasteiger partial charge on any atom is -0.497 e. The number of halogens is 1. The van der Waals surface area contributed by atoms with Crippen molar-refractivity contribution in [2.45, 2.75) is 33.2 Å². The first-order chi connectivity index (χ1) is 21.3. The van der Waals surface area contributed by atoms with Crippen LogP contribution < -0.4 is 20.1 Å². The molecule has 3 aromatic rings. The predicted molar refractivity (Wildman–Crippen MR) is 178 cm³/mol. The lowest BCUT2D eigenvalue weighted by Gasteiger charge is -2.39. The van der Waals surface area contributed by atoms with Gasteiger partial charge in [-0.1, -0.05) is 55.2 Å². The van der Waals surface area contributed by atoms with Gasteiger partial charge in [-0.15, -0.1) is 0 Å². The third kappa shape index (κ3) is 6.23. The molecule has 11 heteroatoms. The summed E-state index contributed by atoms with van der Waals surface area (Å²) in [6.07, 6.45) is 3.09. The van der Waals surface area contributed by atoms with Gasteiger partial charge in [0.1, 0.15) is 33.3 Å². The number of aromatic nitrogens is 1. The van der Waals surface area contributed by atoms with Crippen LogP contribution in [0.4, 0.5) is 15.9 Å². The average Bonchev–Trinajstić information content (AvgIpc) is 3.30. The molecule has 0 saturated carbocycles. The van der Waals surface area contributed by atoms with Gasteiger partial charge in [0.15, 0.2) is 0 Å². The number of amides is 1. The number of hydrogen-bond acceptors (Lipinski definition) is 8. The van der Waals surface area contributed by atoms with Crippen LogP contribution in [0, 0.1) is 24.1 Å². The standard InChI is InChI=1S/C33H34FN5O3S2/c1-4-14-38-30(37-18-16-36(17-19-37)28-8-6-5-7-27(28)34)25(22(2)26(21-35)31(38)40)20-29-32(41)39(33(43)44-29)15-13-23-9-11-24(42-3)12-10-23/h5-12,20H,4,13-19H2,1-3H3/b29-20+. The van der Waals surface area contributed by atoms with Crippen molar-refractivity contribution in [1.29, 1.82) is 5.26 Å². The Bertz CT molecular complexity index is 1710. The minimum absolute atomic E-state index is 0.0634. The Morgan fingerprint density at radius 3 is 2.36 bits per heavy atom. The van der Waals surface area contributed by atoms with Crippen molar-refractivity contribution in [3.63, 3.8) is 0 Å². The minimum atomic E-state index is -0.345. The molecule has 0 unspecified atom stereocenters. The number of methoxy groups -OCH3 is 1. The number of piperazine rings is 1. The van der Waals surface area contributed by atoms with Gasteiger partial charge in [-0.25, -0.2) is 4.39 Å². The normalized spacial score (nSPS) is 16.2. The molecule has 1 amide bonds. The SMILES string of the molecule is CCCn1c(N2CCN(c3ccccc3F)CC2)c(/C=C2/SC(=S)N(CCc3ccc(OC)cc3)C2=O)c(C)c(C#N)c1=O. The number of ether oxygens (including phenoxy) is 1. The molecular formula is C33H34FN5O3S2. The lowest BCUT2D eigenvalue weighted by Crippen LogP contribution is -2.49. The summed E-state index contributed by atoms with van der Waals surface area (Å²) in [6, 6.07) is 16.5. The number of nitrogens with zero attached hydrogens (tertiary/aromatic N) is 5. The van der Waals surface area contributed by atoms with E-state index in [1.165, 1.54) is 17.8 Å². The van der Waals surface area contributed by atoms with Gasteiger partial charge < -0.3 is 14.5 Å². The molecule has 2 saturated heterocycles. The van der Waals surface area contributed by atoms with Crippen LogP contribution in [0.15, 0.2) is 58.2 Å². The average molecular weight is 632 g/mol. The van der Waals surface area contributed by atoms with Crippen LogP contribution in [-0.2, 0) is 17.8 Å². The Hall–Kier alpha value is -4.14. The molecule has 2 aliphatic rings. The summed E-state index contributed by atoms with van der Waals surface area (Å²) in [5, 5.41) is 9.96. The van der Waals surface area contributed by atoms with Crippen LogP contribution in [-0.4, -0.2) is 59.5 Å². The zero-order valence-electron chi connectivity index (χ0n) is 25.0. The van der Waals surface area contributed by atoms with Crippen molar-refractivity contribution in [3.05, 3.63) is 91.9 Å². The van der Waals surface area contributed by atoms with E-state index in [9.17, 15) is 19.2 Å². The van der Waals surface area contributed by atoms with E-state index in [4.69, 9.17) is 17.0 Å². The number of hydrogen-bond donors (Lipinski definition) is 0. The van der Waals surface area contributed by atoms with Gasteiger partial charge in [-0.05, 0) is 61.2 Å². The number of anilines is 2. The van der Waals surface area contributed by atoms with E-state index in [2.05, 4.69) is 11.0 Å². The summed E-state index contributed by atoms with van der Waals surface area (Å²) in [5.74, 6) is 0.969. The van der Waals surface area contributed by atoms with Crippen LogP contribution in [0.25, 0.3) is 6.08 Å². The Morgan fingerprint density at radius 2 is 1.73 bits per heavy atom. The molecule has 0 N–H and O–H groups in total. The number of rotatable bonds is 9. The molecule has 2 aromatic carbocycles. The highest BCUT2D eigenvalue weighted by Crippen LogP contribution is 2.36. The van der Waals surface area contributed by atoms with Gasteiger partial charge in [-0.2, -0.15) is 5.26 Å². The van der Waals surface area contributed by atoms with Crippen molar-refractivity contribution in [1.82, 2.24) is 9.47 Å². The summed E-state index contributed by atoms with van der Waals surface area (Å²) in [5.41, 5.74) is 2.51. The number of nitriles is 1. The second-order valence-electron chi connectivity index (χ2n) is 10.7. The first-order valence-corrected chi connectivity index (χ1v) is 15.8. The number of thiocarbonyl (C=S) groups is 1. The molecule has 1 aromatic heterocycles. The quantitative estimate of drug-likeness (QED) is 0.231. The summed E-state index contributed by atoms with van der Waals surface area (Å²) in [7, 11) is 1.62. The van der Waals surface area contributed by atoms with E-state index in [1.54, 1.807) is 41.7 Å². The molecule has 8 nitrogen and oxygen atoms in total. The highest BCUT2D eigenvalue weighted by Gasteiger charge is 2.33. The molecule has 3 heterocycles. The molecule has 5 rings (SSSR count). The van der Waals surface area contributed by atoms with Gasteiger partial charge in [0.25, 0.3) is 11.5 Å². The highest BCUT2D eigenvalue weighted by atomic mass is 32.2. The maximum Gasteiger partial charge on any atom is 0.270 e. The molecule has 0 radical (unpaired) electrons. The van der Waals surface area contributed by atoms with E-state index >= 15 is 0 Å². The van der Waals surface area contributed by atoms with Gasteiger partial charge in [0, 0.05) is 44.8 Å². The molecule has 0 spiro atoms. The lowest BCUT2D eigenvalue weighted by atomic mass is 10.0. The number of thioether (sulfide) groups is 1. The Balaban J connectivity index is 1.47. The highest BCUT2D eigenvalue weighted by molar-refractivity contribution is 8.26. The molecule has 2 fully saturated rings. The van der Waals surface area contributed by atoms with Crippen molar-refractivity contribution in [2.24, 2.45) is 0 Å². The van der Waals surface area contributed by atoms with Crippen molar-refractivity contribution >= 4 is 51.8 Å². The first kappa shape index (κ1) is 31.3. The van der Waals surface area contributed by atoms with Crippen LogP contribution in [0.1, 0.15) is 35.6 Å². The Kier molecular flexibility index (Phi) is 9.71. The first-order valence-electron chi connectivity index (χ1n) is 14.6. The Morgan fingerprint density at radius 1 is 1.05 bits per heavy atom. The number of carbonyl (C=O) groups excluding carboxylic acids is 1. The van der Waals surface area contributed by atoms with Gasteiger partial charge in [0.2, 0.25) is 0 Å². The maximum atomic E-state index is 14.5. The summed E-state index contributed by atoms with van der Waals surface area (Å²) in [6.45, 7) is 6.74. The maximum absolute atomic E-state index is 14.5. The number of benzene rings is 2. The van der Waals surface area contributed by atoms with Gasteiger partial charge in [-0.3, -0.25) is 19.1 Å². The molecule has 2 aliphatic heterocycles. The number of carbonyl (C=O) groups is 1.